The van der Waals surface area contributed by atoms with Crippen LogP contribution in [0.5, 0.6) is 5.75 Å². The Morgan fingerprint density at radius 3 is 2.45 bits per heavy atom. The minimum Gasteiger partial charge on any atom is -0.507 e. The van der Waals surface area contributed by atoms with Gasteiger partial charge < -0.3 is 15.9 Å². The number of fused-ring (bicyclic) bond motifs is 3. The smallest absolute Gasteiger partial charge is 0.235 e. The van der Waals surface area contributed by atoms with Gasteiger partial charge in [-0.2, -0.15) is 0 Å². The zero-order valence-electron chi connectivity index (χ0n) is 18.1. The lowest BCUT2D eigenvalue weighted by Crippen LogP contribution is -2.68. The van der Waals surface area contributed by atoms with Gasteiger partial charge in [-0.15, -0.1) is 0 Å². The van der Waals surface area contributed by atoms with Crippen LogP contribution in [0.1, 0.15) is 47.2 Å². The molecule has 174 valence electrons. The minimum absolute atomic E-state index is 0.0640. The van der Waals surface area contributed by atoms with E-state index in [-0.39, 0.29) is 24.2 Å². The highest BCUT2D eigenvalue weighted by atomic mass is 16.3. The van der Waals surface area contributed by atoms with Crippen molar-refractivity contribution in [1.29, 1.82) is 0 Å². The molecule has 0 spiro atoms. The van der Waals surface area contributed by atoms with Gasteiger partial charge in [0, 0.05) is 18.9 Å². The first-order chi connectivity index (χ1) is 15.6. The van der Waals surface area contributed by atoms with Crippen molar-refractivity contribution in [3.8, 4) is 5.75 Å². The van der Waals surface area contributed by atoms with Crippen LogP contribution < -0.4 is 5.73 Å². The van der Waals surface area contributed by atoms with Gasteiger partial charge in [-0.25, -0.2) is 0 Å². The number of amides is 1. The largest absolute Gasteiger partial charge is 0.507 e. The van der Waals surface area contributed by atoms with Crippen LogP contribution in [0.3, 0.4) is 0 Å². The number of hydrogen-bond acceptors (Lipinski definition) is 8. The number of carbonyl (C=O) groups excluding carboxylic acids is 5. The number of primary amides is 1. The van der Waals surface area contributed by atoms with Gasteiger partial charge >= 0.3 is 0 Å². The average Bonchev–Trinajstić information content (AvgIpc) is 3.25. The highest BCUT2D eigenvalue weighted by Gasteiger charge is 2.66. The summed E-state index contributed by atoms with van der Waals surface area (Å²) in [6.07, 6.45) is 2.32. The number of benzene rings is 1. The molecule has 0 bridgehead atoms. The van der Waals surface area contributed by atoms with Gasteiger partial charge in [0.05, 0.1) is 11.5 Å². The first-order valence-corrected chi connectivity index (χ1v) is 11.4. The monoisotopic (exact) mass is 454 g/mol. The second-order valence-electron chi connectivity index (χ2n) is 9.82. The molecular weight excluding hydrogens is 428 g/mol. The number of rotatable bonds is 3. The number of hydrogen-bond donors (Lipinski definition) is 3. The first kappa shape index (κ1) is 21.9. The van der Waals surface area contributed by atoms with Crippen molar-refractivity contribution in [3.05, 3.63) is 28.8 Å². The van der Waals surface area contributed by atoms with E-state index in [4.69, 9.17) is 5.73 Å². The van der Waals surface area contributed by atoms with Gasteiger partial charge in [0.25, 0.3) is 0 Å². The van der Waals surface area contributed by atoms with Crippen LogP contribution in [0.25, 0.3) is 0 Å². The fourth-order valence-corrected chi connectivity index (χ4v) is 6.36. The number of Topliss-reactive ketones (excluding diaryl/α,β-unsaturated/α-hetero) is 4. The predicted octanol–water partition coefficient (Wildman–Crippen LogP) is -0.0773. The summed E-state index contributed by atoms with van der Waals surface area (Å²) >= 11 is 0. The Hall–Kier alpha value is -2.91. The van der Waals surface area contributed by atoms with Crippen LogP contribution in [0, 0.1) is 23.7 Å². The maximum absolute atomic E-state index is 13.5. The van der Waals surface area contributed by atoms with Crippen LogP contribution in [0.2, 0.25) is 0 Å². The van der Waals surface area contributed by atoms with Crippen molar-refractivity contribution in [2.24, 2.45) is 29.4 Å². The zero-order chi connectivity index (χ0) is 23.7. The summed E-state index contributed by atoms with van der Waals surface area (Å²) in [7, 11) is 0. The summed E-state index contributed by atoms with van der Waals surface area (Å²) < 4.78 is 0. The van der Waals surface area contributed by atoms with E-state index in [0.29, 0.717) is 18.5 Å². The summed E-state index contributed by atoms with van der Waals surface area (Å²) in [5, 5.41) is 21.7. The zero-order valence-corrected chi connectivity index (χ0v) is 18.1. The molecule has 1 heterocycles. The fraction of sp³-hybridized carbons (Fsp3) is 0.542. The van der Waals surface area contributed by atoms with E-state index in [1.807, 2.05) is 0 Å². The average molecular weight is 454 g/mol. The Bertz CT molecular complexity index is 1110. The lowest BCUT2D eigenvalue weighted by Gasteiger charge is -2.48. The lowest BCUT2D eigenvalue weighted by molar-refractivity contribution is -0.175. The van der Waals surface area contributed by atoms with Crippen molar-refractivity contribution in [2.75, 3.05) is 13.1 Å². The summed E-state index contributed by atoms with van der Waals surface area (Å²) in [5.41, 5.74) is 4.25. The van der Waals surface area contributed by atoms with Crippen molar-refractivity contribution in [3.63, 3.8) is 0 Å². The number of carbonyl (C=O) groups is 5. The van der Waals surface area contributed by atoms with Crippen molar-refractivity contribution >= 4 is 29.0 Å². The molecule has 3 fully saturated rings. The van der Waals surface area contributed by atoms with E-state index in [1.54, 1.807) is 6.07 Å². The van der Waals surface area contributed by atoms with E-state index >= 15 is 0 Å². The fourth-order valence-electron chi connectivity index (χ4n) is 6.36. The molecule has 3 aliphatic carbocycles. The van der Waals surface area contributed by atoms with E-state index in [9.17, 15) is 34.2 Å². The van der Waals surface area contributed by atoms with Crippen LogP contribution in [-0.2, 0) is 32.1 Å². The lowest BCUT2D eigenvalue weighted by atomic mass is 9.53. The Kier molecular flexibility index (Phi) is 5.02. The molecule has 2 unspecified atom stereocenters. The number of aromatic hydroxyl groups is 1. The third-order valence-electron chi connectivity index (χ3n) is 7.98. The van der Waals surface area contributed by atoms with Crippen molar-refractivity contribution in [1.82, 2.24) is 4.90 Å². The molecule has 1 aromatic carbocycles. The molecule has 0 radical (unpaired) electrons. The quantitative estimate of drug-likeness (QED) is 0.536. The van der Waals surface area contributed by atoms with Crippen molar-refractivity contribution in [2.45, 2.75) is 44.2 Å². The maximum atomic E-state index is 13.5. The van der Waals surface area contributed by atoms with Gasteiger partial charge in [-0.05, 0) is 61.9 Å². The number of likely N-dealkylation sites (tertiary alicyclic amines) is 1. The molecule has 1 saturated heterocycles. The molecular formula is C24H26N2O7. The topological polar surface area (TPSA) is 155 Å². The summed E-state index contributed by atoms with van der Waals surface area (Å²) in [5.74, 6) is -9.73. The molecule has 0 aromatic heterocycles. The van der Waals surface area contributed by atoms with Gasteiger partial charge in [-0.1, -0.05) is 6.07 Å². The molecule has 9 nitrogen and oxygen atoms in total. The van der Waals surface area contributed by atoms with Crippen LogP contribution in [-0.4, -0.2) is 62.8 Å². The molecule has 5 atom stereocenters. The van der Waals surface area contributed by atoms with Crippen molar-refractivity contribution < 1.29 is 34.2 Å². The van der Waals surface area contributed by atoms with Gasteiger partial charge in [0.15, 0.2) is 34.7 Å². The van der Waals surface area contributed by atoms with E-state index in [2.05, 4.69) is 4.90 Å². The minimum atomic E-state index is -2.61. The second kappa shape index (κ2) is 7.56. The highest BCUT2D eigenvalue weighted by Crippen LogP contribution is 2.50. The van der Waals surface area contributed by atoms with Gasteiger partial charge in [-0.3, -0.25) is 28.9 Å². The van der Waals surface area contributed by atoms with Gasteiger partial charge in [0.2, 0.25) is 5.91 Å². The van der Waals surface area contributed by atoms with Crippen LogP contribution in [0.15, 0.2) is 12.1 Å². The highest BCUT2D eigenvalue weighted by molar-refractivity contribution is 6.31. The number of aliphatic hydroxyl groups is 1. The van der Waals surface area contributed by atoms with Crippen LogP contribution >= 0.6 is 0 Å². The molecule has 1 aromatic rings. The standard InChI is InChI=1S/C24H26N2O7/c25-23(32)19-16(28)9-13-7-12-8-14-11(10-26-5-1-2-6-26)3-4-15(27)18(14)20(29)17(12)21(30)24(13,33)22(19)31/h3-4,12-13,17,19,27,33H,1-2,5-10H2,(H2,25,32)/t12-,13+,17?,19?,24+/m1/s1. The first-order valence-electron chi connectivity index (χ1n) is 11.4. The Morgan fingerprint density at radius 1 is 1.09 bits per heavy atom. The second-order valence-corrected chi connectivity index (χ2v) is 9.82. The Morgan fingerprint density at radius 2 is 1.79 bits per heavy atom. The van der Waals surface area contributed by atoms with E-state index < -0.39 is 58.3 Å². The molecule has 33 heavy (non-hydrogen) atoms. The number of ketones is 4. The number of phenols is 1. The van der Waals surface area contributed by atoms with E-state index in [1.165, 1.54) is 6.07 Å². The van der Waals surface area contributed by atoms with Crippen LogP contribution in [0.4, 0.5) is 0 Å². The van der Waals surface area contributed by atoms with E-state index in [0.717, 1.165) is 31.5 Å². The summed E-state index contributed by atoms with van der Waals surface area (Å²) in [6.45, 7) is 2.54. The summed E-state index contributed by atoms with van der Waals surface area (Å²) in [6, 6.07) is 3.24. The number of nitrogens with zero attached hydrogens (tertiary/aromatic N) is 1. The normalized spacial score (nSPS) is 34.1. The number of phenolic OH excluding ortho intramolecular Hbond substituents is 1. The SMILES string of the molecule is NC(=O)C1C(=O)C[C@@H]2C[C@@H]3Cc4c(CN5CCCC5)ccc(O)c4C(=O)C3C(=O)[C@]2(O)C1=O. The molecule has 5 rings (SSSR count). The molecule has 4 N–H and O–H groups in total. The van der Waals surface area contributed by atoms with Gasteiger partial charge in [0.1, 0.15) is 5.75 Å². The Labute approximate surface area is 189 Å². The maximum Gasteiger partial charge on any atom is 0.235 e. The Balaban J connectivity index is 1.54. The molecule has 2 saturated carbocycles. The molecule has 1 amide bonds. The summed E-state index contributed by atoms with van der Waals surface area (Å²) in [4.78, 5) is 66.3. The third-order valence-corrected chi connectivity index (χ3v) is 7.98. The third kappa shape index (κ3) is 3.09. The molecule has 1 aliphatic heterocycles. The number of nitrogens with two attached hydrogens (primary N) is 1. The molecule has 9 heteroatoms. The predicted molar refractivity (Wildman–Crippen MR) is 113 cm³/mol. The molecule has 4 aliphatic rings.